The van der Waals surface area contributed by atoms with Crippen molar-refractivity contribution < 1.29 is 13.9 Å². The van der Waals surface area contributed by atoms with Gasteiger partial charge in [-0.25, -0.2) is 15.0 Å². The zero-order chi connectivity index (χ0) is 19.6. The molecular weight excluding hydrogens is 374 g/mol. The highest BCUT2D eigenvalue weighted by molar-refractivity contribution is 5.94. The Bertz CT molecular complexity index is 987. The van der Waals surface area contributed by atoms with Crippen LogP contribution in [0.1, 0.15) is 16.1 Å². The number of piperazine rings is 1. The van der Waals surface area contributed by atoms with Gasteiger partial charge in [-0.05, 0) is 6.07 Å². The minimum atomic E-state index is 0.0102. The van der Waals surface area contributed by atoms with Gasteiger partial charge in [0.25, 0.3) is 5.91 Å². The Balaban J connectivity index is 1.21. The number of furan rings is 1. The van der Waals surface area contributed by atoms with Crippen LogP contribution in [0.5, 0.6) is 0 Å². The number of nitrogens with one attached hydrogen (secondary N) is 1. The third-order valence-corrected chi connectivity index (χ3v) is 5.45. The number of rotatable bonds is 4. The molecule has 5 rings (SSSR count). The van der Waals surface area contributed by atoms with E-state index in [2.05, 4.69) is 29.7 Å². The molecular formula is C19H23N7O3. The molecule has 2 saturated heterocycles. The van der Waals surface area contributed by atoms with Crippen molar-refractivity contribution in [1.82, 2.24) is 29.7 Å². The van der Waals surface area contributed by atoms with Crippen LogP contribution in [0.2, 0.25) is 0 Å². The summed E-state index contributed by atoms with van der Waals surface area (Å²) in [5, 5.41) is 0. The van der Waals surface area contributed by atoms with Crippen LogP contribution in [0.25, 0.3) is 11.2 Å². The van der Waals surface area contributed by atoms with Gasteiger partial charge in [0.05, 0.1) is 31.6 Å². The molecule has 29 heavy (non-hydrogen) atoms. The minimum absolute atomic E-state index is 0.0102. The Labute approximate surface area is 167 Å². The maximum atomic E-state index is 12.9. The number of imidazole rings is 1. The van der Waals surface area contributed by atoms with E-state index in [1.165, 1.54) is 6.33 Å². The molecule has 0 saturated carbocycles. The van der Waals surface area contributed by atoms with Gasteiger partial charge >= 0.3 is 0 Å². The number of carbonyl (C=O) groups excluding carboxylic acids is 1. The van der Waals surface area contributed by atoms with Crippen LogP contribution in [-0.4, -0.2) is 88.1 Å². The van der Waals surface area contributed by atoms with Crippen LogP contribution in [0, 0.1) is 0 Å². The van der Waals surface area contributed by atoms with Crippen molar-refractivity contribution in [3.63, 3.8) is 0 Å². The Morgan fingerprint density at radius 1 is 1.07 bits per heavy atom. The van der Waals surface area contributed by atoms with Crippen LogP contribution in [0.15, 0.2) is 29.4 Å². The van der Waals surface area contributed by atoms with Crippen LogP contribution in [0.3, 0.4) is 0 Å². The largest absolute Gasteiger partial charge is 0.467 e. The first kappa shape index (κ1) is 18.1. The van der Waals surface area contributed by atoms with Gasteiger partial charge in [-0.3, -0.25) is 9.69 Å². The summed E-state index contributed by atoms with van der Waals surface area (Å²) >= 11 is 0. The number of H-pyrrole nitrogens is 1. The second-order valence-corrected chi connectivity index (χ2v) is 7.27. The quantitative estimate of drug-likeness (QED) is 0.688. The first-order valence-corrected chi connectivity index (χ1v) is 9.84. The molecule has 0 spiro atoms. The molecule has 0 radical (unpaired) electrons. The summed E-state index contributed by atoms with van der Waals surface area (Å²) < 4.78 is 11.0. The normalized spacial score (nSPS) is 18.5. The highest BCUT2D eigenvalue weighted by atomic mass is 16.5. The number of nitrogens with zero attached hydrogens (tertiary/aromatic N) is 6. The average molecular weight is 397 g/mol. The fourth-order valence-corrected chi connectivity index (χ4v) is 3.85. The Hall–Kier alpha value is -2.98. The van der Waals surface area contributed by atoms with Gasteiger partial charge in [0, 0.05) is 39.3 Å². The molecule has 2 aliphatic heterocycles. The number of fused-ring (bicyclic) bond motifs is 1. The molecule has 0 aromatic carbocycles. The molecule has 5 heterocycles. The van der Waals surface area contributed by atoms with Crippen molar-refractivity contribution in [3.8, 4) is 0 Å². The molecule has 1 N–H and O–H groups in total. The number of aromatic nitrogens is 4. The third-order valence-electron chi connectivity index (χ3n) is 5.45. The summed E-state index contributed by atoms with van der Waals surface area (Å²) in [7, 11) is 0. The zero-order valence-electron chi connectivity index (χ0n) is 16.1. The van der Waals surface area contributed by atoms with Gasteiger partial charge in [-0.1, -0.05) is 0 Å². The second kappa shape index (κ2) is 7.80. The summed E-state index contributed by atoms with van der Waals surface area (Å²) in [4.78, 5) is 35.0. The maximum absolute atomic E-state index is 12.9. The third kappa shape index (κ3) is 3.68. The number of anilines is 1. The van der Waals surface area contributed by atoms with Gasteiger partial charge in [0.1, 0.15) is 23.9 Å². The highest BCUT2D eigenvalue weighted by Gasteiger charge is 2.25. The first-order valence-electron chi connectivity index (χ1n) is 9.84. The molecule has 3 aromatic heterocycles. The van der Waals surface area contributed by atoms with E-state index in [0.717, 1.165) is 43.4 Å². The number of aromatic amines is 1. The summed E-state index contributed by atoms with van der Waals surface area (Å²) in [6.07, 6.45) is 4.72. The molecule has 3 aromatic rings. The SMILES string of the molecule is O=C(c1coc(CN2CCOCC2)c1)N1CCN(c2ncnc3nc[nH]c23)CC1. The minimum Gasteiger partial charge on any atom is -0.467 e. The molecule has 2 fully saturated rings. The molecule has 152 valence electrons. The van der Waals surface area contributed by atoms with E-state index in [-0.39, 0.29) is 5.91 Å². The van der Waals surface area contributed by atoms with Crippen LogP contribution < -0.4 is 4.90 Å². The Morgan fingerprint density at radius 3 is 2.72 bits per heavy atom. The average Bonchev–Trinajstić information content (AvgIpc) is 3.43. The van der Waals surface area contributed by atoms with Gasteiger partial charge in [-0.2, -0.15) is 0 Å². The molecule has 2 aliphatic rings. The van der Waals surface area contributed by atoms with E-state index in [1.807, 2.05) is 11.0 Å². The number of carbonyl (C=O) groups is 1. The molecule has 0 unspecified atom stereocenters. The smallest absolute Gasteiger partial charge is 0.257 e. The highest BCUT2D eigenvalue weighted by Crippen LogP contribution is 2.22. The zero-order valence-corrected chi connectivity index (χ0v) is 16.1. The summed E-state index contributed by atoms with van der Waals surface area (Å²) in [6, 6.07) is 1.86. The summed E-state index contributed by atoms with van der Waals surface area (Å²) in [5.41, 5.74) is 2.09. The monoisotopic (exact) mass is 397 g/mol. The van der Waals surface area contributed by atoms with E-state index in [4.69, 9.17) is 9.15 Å². The van der Waals surface area contributed by atoms with E-state index < -0.39 is 0 Å². The molecule has 0 bridgehead atoms. The lowest BCUT2D eigenvalue weighted by Gasteiger charge is -2.35. The van der Waals surface area contributed by atoms with E-state index >= 15 is 0 Å². The fraction of sp³-hybridized carbons (Fsp3) is 0.474. The first-order chi connectivity index (χ1) is 14.3. The molecule has 10 heteroatoms. The molecule has 10 nitrogen and oxygen atoms in total. The predicted molar refractivity (Wildman–Crippen MR) is 105 cm³/mol. The number of hydrogen-bond donors (Lipinski definition) is 1. The van der Waals surface area contributed by atoms with E-state index in [9.17, 15) is 4.79 Å². The van der Waals surface area contributed by atoms with Crippen molar-refractivity contribution in [2.24, 2.45) is 0 Å². The number of amides is 1. The fourth-order valence-electron chi connectivity index (χ4n) is 3.85. The Morgan fingerprint density at radius 2 is 1.90 bits per heavy atom. The lowest BCUT2D eigenvalue weighted by atomic mass is 10.2. The topological polar surface area (TPSA) is 104 Å². The van der Waals surface area contributed by atoms with E-state index in [0.29, 0.717) is 43.9 Å². The molecule has 1 amide bonds. The number of hydrogen-bond acceptors (Lipinski definition) is 8. The predicted octanol–water partition coefficient (Wildman–Crippen LogP) is 0.740. The van der Waals surface area contributed by atoms with Crippen molar-refractivity contribution in [3.05, 3.63) is 36.3 Å². The van der Waals surface area contributed by atoms with Crippen molar-refractivity contribution in [2.45, 2.75) is 6.54 Å². The van der Waals surface area contributed by atoms with Crippen molar-refractivity contribution in [2.75, 3.05) is 57.4 Å². The van der Waals surface area contributed by atoms with Crippen LogP contribution in [-0.2, 0) is 11.3 Å². The molecule has 0 atom stereocenters. The molecule has 0 aliphatic carbocycles. The summed E-state index contributed by atoms with van der Waals surface area (Å²) in [5.74, 6) is 1.66. The van der Waals surface area contributed by atoms with Gasteiger partial charge in [0.15, 0.2) is 11.5 Å². The lowest BCUT2D eigenvalue weighted by molar-refractivity contribution is 0.0313. The standard InChI is InChI=1S/C19H23N7O3/c27-19(14-9-15(29-11-14)10-24-5-7-28-8-6-24)26-3-1-25(2-4-26)18-16-17(21-12-20-16)22-13-23-18/h9,11-13H,1-8,10H2,(H,20,21,22,23). The number of morpholine rings is 1. The second-order valence-electron chi connectivity index (χ2n) is 7.27. The summed E-state index contributed by atoms with van der Waals surface area (Å²) in [6.45, 7) is 6.63. The van der Waals surface area contributed by atoms with Crippen LogP contribution in [0.4, 0.5) is 5.82 Å². The van der Waals surface area contributed by atoms with Gasteiger partial charge in [0.2, 0.25) is 0 Å². The van der Waals surface area contributed by atoms with Crippen LogP contribution >= 0.6 is 0 Å². The number of ether oxygens (including phenoxy) is 1. The van der Waals surface area contributed by atoms with Crippen molar-refractivity contribution in [1.29, 1.82) is 0 Å². The Kier molecular flexibility index (Phi) is 4.86. The van der Waals surface area contributed by atoms with Gasteiger partial charge < -0.3 is 23.9 Å². The van der Waals surface area contributed by atoms with E-state index in [1.54, 1.807) is 12.6 Å². The lowest BCUT2D eigenvalue weighted by Crippen LogP contribution is -2.49. The van der Waals surface area contributed by atoms with Gasteiger partial charge in [-0.15, -0.1) is 0 Å². The maximum Gasteiger partial charge on any atom is 0.257 e. The van der Waals surface area contributed by atoms with Crippen molar-refractivity contribution >= 4 is 22.9 Å².